The number of rotatable bonds is 1. The molecule has 26 heavy (non-hydrogen) atoms. The van der Waals surface area contributed by atoms with Crippen LogP contribution in [-0.4, -0.2) is 47.3 Å². The molecule has 0 saturated carbocycles. The molecule has 2 heterocycles. The minimum Gasteiger partial charge on any atom is -0.489 e. The van der Waals surface area contributed by atoms with Gasteiger partial charge >= 0.3 is 6.09 Å². The standard InChI is InChI=1S/C17H20N4O5/c1-17(2,3)26-16(24)20-11-7-25-13-6-10-9(14(22)19-8-18-10)5-12(13)21(4)15(11)23/h5-6,8,11H,7H2,1-4H3,(H,20,24)(H,18,19,22)/t11-/m0/s1. The number of hydrogen-bond acceptors (Lipinski definition) is 6. The Kier molecular flexibility index (Phi) is 4.31. The Balaban J connectivity index is 1.90. The van der Waals surface area contributed by atoms with Crippen LogP contribution in [0.2, 0.25) is 0 Å². The Morgan fingerprint density at radius 1 is 1.38 bits per heavy atom. The van der Waals surface area contributed by atoms with E-state index in [1.807, 2.05) is 0 Å². The Bertz CT molecular complexity index is 931. The van der Waals surface area contributed by atoms with Gasteiger partial charge in [0.2, 0.25) is 0 Å². The van der Waals surface area contributed by atoms with Crippen molar-refractivity contribution in [2.24, 2.45) is 0 Å². The first kappa shape index (κ1) is 17.7. The second-order valence-corrected chi connectivity index (χ2v) is 6.98. The van der Waals surface area contributed by atoms with E-state index < -0.39 is 17.7 Å². The van der Waals surface area contributed by atoms with Gasteiger partial charge in [0.25, 0.3) is 11.5 Å². The van der Waals surface area contributed by atoms with Crippen molar-refractivity contribution in [1.82, 2.24) is 15.3 Å². The van der Waals surface area contributed by atoms with Gasteiger partial charge in [0.15, 0.2) is 0 Å². The highest BCUT2D eigenvalue weighted by Crippen LogP contribution is 2.33. The number of anilines is 1. The summed E-state index contributed by atoms with van der Waals surface area (Å²) in [4.78, 5) is 44.6. The van der Waals surface area contributed by atoms with Crippen molar-refractivity contribution >= 4 is 28.6 Å². The number of aromatic amines is 1. The van der Waals surface area contributed by atoms with E-state index in [0.29, 0.717) is 22.3 Å². The predicted molar refractivity (Wildman–Crippen MR) is 94.4 cm³/mol. The topological polar surface area (TPSA) is 114 Å². The van der Waals surface area contributed by atoms with Gasteiger partial charge in [-0.05, 0) is 26.8 Å². The van der Waals surface area contributed by atoms with Gasteiger partial charge in [-0.2, -0.15) is 0 Å². The molecule has 0 spiro atoms. The first-order chi connectivity index (χ1) is 12.2. The number of ether oxygens (including phenoxy) is 2. The van der Waals surface area contributed by atoms with Crippen LogP contribution in [-0.2, 0) is 9.53 Å². The highest BCUT2D eigenvalue weighted by atomic mass is 16.6. The van der Waals surface area contributed by atoms with Gasteiger partial charge in [0.05, 0.1) is 22.9 Å². The molecule has 0 saturated heterocycles. The monoisotopic (exact) mass is 360 g/mol. The summed E-state index contributed by atoms with van der Waals surface area (Å²) in [6.07, 6.45) is 0.595. The van der Waals surface area contributed by atoms with Crippen molar-refractivity contribution < 1.29 is 19.1 Å². The lowest BCUT2D eigenvalue weighted by Gasteiger charge is -2.23. The van der Waals surface area contributed by atoms with E-state index >= 15 is 0 Å². The molecular weight excluding hydrogens is 340 g/mol. The van der Waals surface area contributed by atoms with Gasteiger partial charge < -0.3 is 24.7 Å². The van der Waals surface area contributed by atoms with Crippen LogP contribution in [0.1, 0.15) is 20.8 Å². The number of aromatic nitrogens is 2. The maximum Gasteiger partial charge on any atom is 0.408 e. The van der Waals surface area contributed by atoms with Crippen LogP contribution >= 0.6 is 0 Å². The summed E-state index contributed by atoms with van der Waals surface area (Å²) < 4.78 is 10.9. The summed E-state index contributed by atoms with van der Waals surface area (Å²) in [7, 11) is 1.55. The third-order valence-corrected chi connectivity index (χ3v) is 3.81. The number of hydrogen-bond donors (Lipinski definition) is 2. The normalized spacial score (nSPS) is 17.3. The van der Waals surface area contributed by atoms with Gasteiger partial charge in [0, 0.05) is 13.1 Å². The number of amides is 2. The molecule has 1 aromatic heterocycles. The van der Waals surface area contributed by atoms with Crippen LogP contribution in [0.3, 0.4) is 0 Å². The highest BCUT2D eigenvalue weighted by Gasteiger charge is 2.32. The second-order valence-electron chi connectivity index (χ2n) is 6.98. The summed E-state index contributed by atoms with van der Waals surface area (Å²) in [5.41, 5.74) is -0.120. The van der Waals surface area contributed by atoms with Gasteiger partial charge in [-0.3, -0.25) is 9.59 Å². The van der Waals surface area contributed by atoms with Crippen LogP contribution in [0, 0.1) is 0 Å². The fraction of sp³-hybridized carbons (Fsp3) is 0.412. The summed E-state index contributed by atoms with van der Waals surface area (Å²) in [6, 6.07) is 2.22. The number of nitrogens with zero attached hydrogens (tertiary/aromatic N) is 2. The van der Waals surface area contributed by atoms with E-state index in [0.717, 1.165) is 0 Å². The first-order valence-corrected chi connectivity index (χ1v) is 8.07. The van der Waals surface area contributed by atoms with Gasteiger partial charge in [0.1, 0.15) is 24.0 Å². The fourth-order valence-corrected chi connectivity index (χ4v) is 2.61. The molecule has 2 amide bonds. The Morgan fingerprint density at radius 3 is 2.81 bits per heavy atom. The average Bonchev–Trinajstić information content (AvgIpc) is 2.65. The summed E-state index contributed by atoms with van der Waals surface area (Å²) in [5, 5.41) is 2.86. The molecule has 0 radical (unpaired) electrons. The molecule has 138 valence electrons. The van der Waals surface area contributed by atoms with Crippen molar-refractivity contribution in [1.29, 1.82) is 0 Å². The molecule has 2 N–H and O–H groups in total. The molecule has 2 aromatic rings. The number of likely N-dealkylation sites (N-methyl/N-ethyl adjacent to an activating group) is 1. The number of benzene rings is 1. The summed E-state index contributed by atoms with van der Waals surface area (Å²) in [6.45, 7) is 5.13. The molecule has 0 aliphatic carbocycles. The SMILES string of the molecule is CN1C(=O)[C@@H](NC(=O)OC(C)(C)C)COc2cc3nc[nH]c(=O)c3cc21. The van der Waals surface area contributed by atoms with E-state index in [1.54, 1.807) is 40.0 Å². The van der Waals surface area contributed by atoms with Gasteiger partial charge in [-0.15, -0.1) is 0 Å². The van der Waals surface area contributed by atoms with Crippen LogP contribution in [0.15, 0.2) is 23.3 Å². The first-order valence-electron chi connectivity index (χ1n) is 8.07. The smallest absolute Gasteiger partial charge is 0.408 e. The van der Waals surface area contributed by atoms with E-state index in [1.165, 1.54) is 11.2 Å². The van der Waals surface area contributed by atoms with Crippen molar-refractivity contribution in [3.05, 3.63) is 28.8 Å². The van der Waals surface area contributed by atoms with Crippen molar-refractivity contribution in [2.75, 3.05) is 18.6 Å². The minimum absolute atomic E-state index is 0.0654. The fourth-order valence-electron chi connectivity index (χ4n) is 2.61. The molecule has 1 aromatic carbocycles. The number of H-pyrrole nitrogens is 1. The lowest BCUT2D eigenvalue weighted by Crippen LogP contribution is -2.50. The average molecular weight is 360 g/mol. The largest absolute Gasteiger partial charge is 0.489 e. The zero-order chi connectivity index (χ0) is 19.1. The Labute approximate surface area is 149 Å². The van der Waals surface area contributed by atoms with E-state index in [-0.39, 0.29) is 18.1 Å². The van der Waals surface area contributed by atoms with E-state index in [4.69, 9.17) is 9.47 Å². The van der Waals surface area contributed by atoms with Gasteiger partial charge in [-0.25, -0.2) is 9.78 Å². The molecule has 0 bridgehead atoms. The third kappa shape index (κ3) is 3.46. The number of nitrogens with one attached hydrogen (secondary N) is 2. The number of fused-ring (bicyclic) bond motifs is 2. The summed E-state index contributed by atoms with van der Waals surface area (Å²) >= 11 is 0. The van der Waals surface area contributed by atoms with E-state index in [2.05, 4.69) is 15.3 Å². The summed E-state index contributed by atoms with van der Waals surface area (Å²) in [5.74, 6) is 0.0224. The Morgan fingerprint density at radius 2 is 2.12 bits per heavy atom. The zero-order valence-corrected chi connectivity index (χ0v) is 15.0. The number of alkyl carbamates (subject to hydrolysis) is 1. The van der Waals surface area contributed by atoms with Crippen LogP contribution in [0.4, 0.5) is 10.5 Å². The predicted octanol–water partition coefficient (Wildman–Crippen LogP) is 1.17. The highest BCUT2D eigenvalue weighted by molar-refractivity contribution is 6.02. The zero-order valence-electron chi connectivity index (χ0n) is 15.0. The van der Waals surface area contributed by atoms with E-state index in [9.17, 15) is 14.4 Å². The number of carbonyl (C=O) groups is 2. The number of carbonyl (C=O) groups excluding carboxylic acids is 2. The Hall–Kier alpha value is -3.10. The molecular formula is C17H20N4O5. The second kappa shape index (κ2) is 6.32. The van der Waals surface area contributed by atoms with Crippen molar-refractivity contribution in [3.63, 3.8) is 0 Å². The molecule has 3 rings (SSSR count). The molecule has 1 aliphatic heterocycles. The lowest BCUT2D eigenvalue weighted by molar-refractivity contribution is -0.120. The van der Waals surface area contributed by atoms with Crippen molar-refractivity contribution in [3.8, 4) is 5.75 Å². The maximum absolute atomic E-state index is 12.7. The van der Waals surface area contributed by atoms with Crippen LogP contribution < -0.4 is 20.5 Å². The van der Waals surface area contributed by atoms with Crippen molar-refractivity contribution in [2.45, 2.75) is 32.4 Å². The molecule has 1 aliphatic rings. The lowest BCUT2D eigenvalue weighted by atomic mass is 10.2. The molecule has 9 nitrogen and oxygen atoms in total. The van der Waals surface area contributed by atoms with Crippen LogP contribution in [0.5, 0.6) is 5.75 Å². The molecule has 0 fully saturated rings. The molecule has 1 atom stereocenters. The molecule has 9 heteroatoms. The van der Waals surface area contributed by atoms with Crippen LogP contribution in [0.25, 0.3) is 10.9 Å². The maximum atomic E-state index is 12.7. The third-order valence-electron chi connectivity index (χ3n) is 3.81. The quantitative estimate of drug-likeness (QED) is 0.789. The van der Waals surface area contributed by atoms with Gasteiger partial charge in [-0.1, -0.05) is 0 Å². The molecule has 0 unspecified atom stereocenters. The minimum atomic E-state index is -0.920.